The molecule has 8 heteroatoms. The largest absolute Gasteiger partial charge is 0.503 e. The molecule has 0 spiro atoms. The number of nitrogens with two attached hydrogens (primary N) is 1. The van der Waals surface area contributed by atoms with Crippen molar-refractivity contribution in [1.82, 2.24) is 4.98 Å². The lowest BCUT2D eigenvalue weighted by Crippen LogP contribution is -2.21. The molecular weight excluding hydrogens is 424 g/mol. The summed E-state index contributed by atoms with van der Waals surface area (Å²) in [5, 5.41) is 9.27. The number of pyridine rings is 1. The summed E-state index contributed by atoms with van der Waals surface area (Å²) in [5.41, 5.74) is 4.74. The number of benzene rings is 1. The van der Waals surface area contributed by atoms with Gasteiger partial charge in [-0.15, -0.1) is 0 Å². The van der Waals surface area contributed by atoms with Crippen molar-refractivity contribution in [3.8, 4) is 17.2 Å². The molecule has 1 saturated carbocycles. The molecule has 182 valence electrons. The van der Waals surface area contributed by atoms with E-state index in [1.54, 1.807) is 6.92 Å². The third kappa shape index (κ3) is 11.8. The zero-order chi connectivity index (χ0) is 24.5. The van der Waals surface area contributed by atoms with Crippen molar-refractivity contribution in [2.24, 2.45) is 5.73 Å². The number of hydrogen-bond acceptors (Lipinski definition) is 7. The Morgan fingerprint density at radius 2 is 1.64 bits per heavy atom. The minimum absolute atomic E-state index is 0.122. The lowest BCUT2D eigenvalue weighted by atomic mass is 10.0. The zero-order valence-corrected chi connectivity index (χ0v) is 19.8. The Morgan fingerprint density at radius 3 is 2.12 bits per heavy atom. The van der Waals surface area contributed by atoms with Crippen molar-refractivity contribution in [2.45, 2.75) is 64.9 Å². The third-order valence-electron chi connectivity index (χ3n) is 4.69. The van der Waals surface area contributed by atoms with Crippen LogP contribution in [-0.4, -0.2) is 41.8 Å². The molecule has 1 amide bonds. The number of methoxy groups -OCH3 is 1. The summed E-state index contributed by atoms with van der Waals surface area (Å²) < 4.78 is 15.2. The number of aromatic hydroxyl groups is 1. The van der Waals surface area contributed by atoms with Gasteiger partial charge in [-0.25, -0.2) is 4.98 Å². The van der Waals surface area contributed by atoms with E-state index in [0.717, 1.165) is 5.75 Å². The van der Waals surface area contributed by atoms with E-state index in [4.69, 9.17) is 19.9 Å². The van der Waals surface area contributed by atoms with E-state index in [1.165, 1.54) is 57.9 Å². The van der Waals surface area contributed by atoms with Gasteiger partial charge in [0.2, 0.25) is 0 Å². The summed E-state index contributed by atoms with van der Waals surface area (Å²) in [5.74, 6) is -0.339. The lowest BCUT2D eigenvalue weighted by molar-refractivity contribution is -0.145. The monoisotopic (exact) mass is 460 g/mol. The van der Waals surface area contributed by atoms with Crippen LogP contribution in [0, 0.1) is 0 Å². The fraction of sp³-hybridized carbons (Fsp3) is 0.480. The Labute approximate surface area is 196 Å². The van der Waals surface area contributed by atoms with Gasteiger partial charge >= 0.3 is 5.97 Å². The first-order valence-corrected chi connectivity index (χ1v) is 11.3. The Balaban J connectivity index is 0.000000268. The van der Waals surface area contributed by atoms with Crippen LogP contribution in [0.3, 0.4) is 0 Å². The van der Waals surface area contributed by atoms with Gasteiger partial charge in [0.1, 0.15) is 18.5 Å². The Bertz CT molecular complexity index is 813. The minimum atomic E-state index is -0.786. The molecule has 1 unspecified atom stereocenters. The van der Waals surface area contributed by atoms with E-state index < -0.39 is 5.91 Å². The molecule has 1 aromatic carbocycles. The summed E-state index contributed by atoms with van der Waals surface area (Å²) in [4.78, 5) is 25.1. The van der Waals surface area contributed by atoms with Crippen molar-refractivity contribution < 1.29 is 28.9 Å². The van der Waals surface area contributed by atoms with Crippen LogP contribution >= 0.6 is 0 Å². The molecule has 0 bridgehead atoms. The molecule has 3 N–H and O–H groups in total. The van der Waals surface area contributed by atoms with Gasteiger partial charge < -0.3 is 25.1 Å². The lowest BCUT2D eigenvalue weighted by Gasteiger charge is -2.14. The van der Waals surface area contributed by atoms with Crippen LogP contribution in [0.1, 0.15) is 69.3 Å². The van der Waals surface area contributed by atoms with Crippen LogP contribution in [0.5, 0.6) is 17.2 Å². The molecule has 1 atom stereocenters. The normalized spacial score (nSPS) is 13.2. The first-order chi connectivity index (χ1) is 15.9. The minimum Gasteiger partial charge on any atom is -0.503 e. The average molecular weight is 461 g/mol. The standard InChI is InChI=1S/C12H16O3.C7H8N2O3.C6H12/c1-3-12(13)14-9-10(2)15-11-7-5-4-6-8-11;1-12-4-2-3-9-5(6(4)10)7(8)11;1-2-4-6-5-3-1/h4-8,10H,3,9H2,1-2H3;2-3,10H,1H3,(H2,8,11);1-6H2. The molecule has 1 heterocycles. The fourth-order valence-corrected chi connectivity index (χ4v) is 2.92. The van der Waals surface area contributed by atoms with Crippen molar-refractivity contribution in [2.75, 3.05) is 13.7 Å². The highest BCUT2D eigenvalue weighted by molar-refractivity contribution is 5.94. The van der Waals surface area contributed by atoms with Crippen molar-refractivity contribution >= 4 is 11.9 Å². The molecule has 1 fully saturated rings. The van der Waals surface area contributed by atoms with E-state index in [-0.39, 0.29) is 29.3 Å². The van der Waals surface area contributed by atoms with E-state index >= 15 is 0 Å². The summed E-state index contributed by atoms with van der Waals surface area (Å²) in [6.45, 7) is 3.93. The van der Waals surface area contributed by atoms with E-state index in [2.05, 4.69) is 4.98 Å². The molecule has 1 aromatic heterocycles. The van der Waals surface area contributed by atoms with Crippen LogP contribution in [0.4, 0.5) is 0 Å². The highest BCUT2D eigenvalue weighted by Gasteiger charge is 2.12. The topological polar surface area (TPSA) is 121 Å². The third-order valence-corrected chi connectivity index (χ3v) is 4.69. The second-order valence-corrected chi connectivity index (χ2v) is 7.47. The van der Waals surface area contributed by atoms with Gasteiger partial charge in [-0.2, -0.15) is 0 Å². The molecule has 0 aliphatic heterocycles. The van der Waals surface area contributed by atoms with Gasteiger partial charge in [0.05, 0.1) is 7.11 Å². The maximum absolute atomic E-state index is 10.9. The number of nitrogens with zero attached hydrogens (tertiary/aromatic N) is 1. The van der Waals surface area contributed by atoms with Gasteiger partial charge in [-0.05, 0) is 19.1 Å². The maximum atomic E-state index is 10.9. The molecule has 8 nitrogen and oxygen atoms in total. The first kappa shape index (κ1) is 27.7. The number of ether oxygens (including phenoxy) is 3. The van der Waals surface area contributed by atoms with Crippen LogP contribution < -0.4 is 15.2 Å². The number of hydrogen-bond donors (Lipinski definition) is 2. The average Bonchev–Trinajstić information content (AvgIpc) is 2.85. The number of aromatic nitrogens is 1. The molecular formula is C25H36N2O6. The SMILES string of the molecule is C1CCCCC1.CCC(=O)OCC(C)Oc1ccccc1.COc1ccnc(C(N)=O)c1O. The molecule has 1 aliphatic carbocycles. The van der Waals surface area contributed by atoms with Crippen LogP contribution in [0.15, 0.2) is 42.6 Å². The number of carbonyl (C=O) groups is 2. The Kier molecular flexibility index (Phi) is 13.8. The van der Waals surface area contributed by atoms with Gasteiger partial charge in [0.25, 0.3) is 5.91 Å². The first-order valence-electron chi connectivity index (χ1n) is 11.3. The second-order valence-electron chi connectivity index (χ2n) is 7.47. The fourth-order valence-electron chi connectivity index (χ4n) is 2.92. The number of para-hydroxylation sites is 1. The molecule has 0 saturated heterocycles. The van der Waals surface area contributed by atoms with E-state index in [1.807, 2.05) is 37.3 Å². The van der Waals surface area contributed by atoms with Crippen LogP contribution in [0.25, 0.3) is 0 Å². The predicted molar refractivity (Wildman–Crippen MR) is 126 cm³/mol. The highest BCUT2D eigenvalue weighted by atomic mass is 16.6. The number of rotatable bonds is 7. The number of primary amides is 1. The van der Waals surface area contributed by atoms with Gasteiger partial charge in [0, 0.05) is 18.7 Å². The van der Waals surface area contributed by atoms with Gasteiger partial charge in [0.15, 0.2) is 17.2 Å². The van der Waals surface area contributed by atoms with Crippen molar-refractivity contribution in [3.05, 3.63) is 48.3 Å². The van der Waals surface area contributed by atoms with Crippen LogP contribution in [-0.2, 0) is 9.53 Å². The summed E-state index contributed by atoms with van der Waals surface area (Å²) in [6.07, 6.45) is 10.6. The summed E-state index contributed by atoms with van der Waals surface area (Å²) in [6, 6.07) is 10.9. The number of carbonyl (C=O) groups excluding carboxylic acids is 2. The number of amides is 1. The molecule has 33 heavy (non-hydrogen) atoms. The Morgan fingerprint density at radius 1 is 1.06 bits per heavy atom. The quantitative estimate of drug-likeness (QED) is 0.577. The van der Waals surface area contributed by atoms with Crippen LogP contribution in [0.2, 0.25) is 0 Å². The molecule has 1 aliphatic rings. The zero-order valence-electron chi connectivity index (χ0n) is 19.8. The molecule has 0 radical (unpaired) electrons. The smallest absolute Gasteiger partial charge is 0.305 e. The summed E-state index contributed by atoms with van der Waals surface area (Å²) in [7, 11) is 1.37. The summed E-state index contributed by atoms with van der Waals surface area (Å²) >= 11 is 0. The van der Waals surface area contributed by atoms with E-state index in [0.29, 0.717) is 13.0 Å². The second kappa shape index (κ2) is 16.4. The van der Waals surface area contributed by atoms with E-state index in [9.17, 15) is 14.7 Å². The van der Waals surface area contributed by atoms with Crippen molar-refractivity contribution in [1.29, 1.82) is 0 Å². The number of esters is 1. The maximum Gasteiger partial charge on any atom is 0.305 e. The molecule has 3 rings (SSSR count). The highest BCUT2D eigenvalue weighted by Crippen LogP contribution is 2.26. The van der Waals surface area contributed by atoms with Crippen molar-refractivity contribution in [3.63, 3.8) is 0 Å². The van der Waals surface area contributed by atoms with Gasteiger partial charge in [-0.1, -0.05) is 63.6 Å². The molecule has 2 aromatic rings. The van der Waals surface area contributed by atoms with Gasteiger partial charge in [-0.3, -0.25) is 9.59 Å². The predicted octanol–water partition coefficient (Wildman–Crippen LogP) is 4.64. The Hall–Kier alpha value is -3.29.